The van der Waals surface area contributed by atoms with Gasteiger partial charge in [0.05, 0.1) is 13.7 Å². The molecule has 0 heterocycles. The zero-order chi connectivity index (χ0) is 24.3. The number of rotatable bonds is 9. The summed E-state index contributed by atoms with van der Waals surface area (Å²) in [5.74, 6) is 0.263. The van der Waals surface area contributed by atoms with Crippen molar-refractivity contribution in [2.45, 2.75) is 83.2 Å². The Bertz CT molecular complexity index is 890. The lowest BCUT2D eigenvalue weighted by Gasteiger charge is -2.41. The van der Waals surface area contributed by atoms with Gasteiger partial charge < -0.3 is 19.1 Å². The monoisotopic (exact) mass is 468 g/mol. The molecule has 184 valence electrons. The van der Waals surface area contributed by atoms with E-state index in [1.807, 2.05) is 6.07 Å². The summed E-state index contributed by atoms with van der Waals surface area (Å²) in [5.41, 5.74) is 0.509. The minimum absolute atomic E-state index is 0.0369. The zero-order valence-corrected chi connectivity index (χ0v) is 20.4. The van der Waals surface area contributed by atoms with Gasteiger partial charge in [-0.2, -0.15) is 5.26 Å². The third kappa shape index (κ3) is 6.75. The van der Waals surface area contributed by atoms with Crippen molar-refractivity contribution in [2.75, 3.05) is 20.3 Å². The summed E-state index contributed by atoms with van der Waals surface area (Å²) in [6.07, 6.45) is 13.0. The van der Waals surface area contributed by atoms with Crippen LogP contribution in [0, 0.1) is 11.3 Å². The van der Waals surface area contributed by atoms with Crippen LogP contribution >= 0.6 is 0 Å². The Hall–Kier alpha value is -3.01. The number of carbonyl (C=O) groups is 2. The van der Waals surface area contributed by atoms with E-state index in [4.69, 9.17) is 14.2 Å². The minimum Gasteiger partial charge on any atom is -0.493 e. The number of hydrogen-bond donors (Lipinski definition) is 0. The molecule has 1 amide bonds. The van der Waals surface area contributed by atoms with E-state index >= 15 is 0 Å². The number of benzene rings is 1. The quantitative estimate of drug-likeness (QED) is 0.287. The first-order valence-electron chi connectivity index (χ1n) is 12.5. The maximum atomic E-state index is 13.4. The molecule has 7 heteroatoms. The van der Waals surface area contributed by atoms with Crippen molar-refractivity contribution in [1.29, 1.82) is 5.26 Å². The normalized spacial score (nSPS) is 17.5. The molecule has 3 rings (SSSR count). The summed E-state index contributed by atoms with van der Waals surface area (Å²) in [5, 5.41) is 9.26. The lowest BCUT2D eigenvalue weighted by atomic mass is 9.88. The topological polar surface area (TPSA) is 88.9 Å². The summed E-state index contributed by atoms with van der Waals surface area (Å²) in [6, 6.07) is 7.59. The molecule has 1 aromatic carbocycles. The Kier molecular flexibility index (Phi) is 9.81. The standard InChI is InChI=1S/C27H36N2O5/c1-3-33-27(31)21(18-28)16-20-14-15-24(25(17-20)32-2)34-19-26(30)29(22-10-6-4-7-11-22)23-12-8-5-9-13-23/h14-17,22-23H,3-13,19H2,1-2H3/b21-16+. The van der Waals surface area contributed by atoms with Gasteiger partial charge in [-0.1, -0.05) is 44.6 Å². The number of hydrogen-bond acceptors (Lipinski definition) is 6. The first kappa shape index (κ1) is 25.6. The third-order valence-electron chi connectivity index (χ3n) is 6.69. The molecule has 34 heavy (non-hydrogen) atoms. The molecule has 0 spiro atoms. The van der Waals surface area contributed by atoms with Crippen molar-refractivity contribution in [3.63, 3.8) is 0 Å². The second-order valence-corrected chi connectivity index (χ2v) is 8.97. The van der Waals surface area contributed by atoms with Gasteiger partial charge in [0.2, 0.25) is 0 Å². The van der Waals surface area contributed by atoms with Crippen molar-refractivity contribution in [3.05, 3.63) is 29.3 Å². The lowest BCUT2D eigenvalue weighted by Crippen LogP contribution is -2.50. The van der Waals surface area contributed by atoms with Gasteiger partial charge in [-0.15, -0.1) is 0 Å². The molecule has 0 aromatic heterocycles. The maximum Gasteiger partial charge on any atom is 0.348 e. The van der Waals surface area contributed by atoms with Crippen LogP contribution in [-0.2, 0) is 14.3 Å². The van der Waals surface area contributed by atoms with E-state index in [-0.39, 0.29) is 24.7 Å². The van der Waals surface area contributed by atoms with Crippen molar-refractivity contribution < 1.29 is 23.8 Å². The molecule has 0 saturated heterocycles. The first-order valence-corrected chi connectivity index (χ1v) is 12.5. The van der Waals surface area contributed by atoms with Crippen LogP contribution in [0.25, 0.3) is 6.08 Å². The Labute approximate surface area is 202 Å². The van der Waals surface area contributed by atoms with Crippen molar-refractivity contribution in [1.82, 2.24) is 4.90 Å². The molecule has 0 unspecified atom stereocenters. The van der Waals surface area contributed by atoms with Crippen molar-refractivity contribution in [3.8, 4) is 17.6 Å². The molecule has 0 bridgehead atoms. The fourth-order valence-corrected chi connectivity index (χ4v) is 5.04. The number of nitrogens with zero attached hydrogens (tertiary/aromatic N) is 2. The van der Waals surface area contributed by atoms with Gasteiger partial charge in [-0.3, -0.25) is 4.79 Å². The number of carbonyl (C=O) groups excluding carboxylic acids is 2. The van der Waals surface area contributed by atoms with E-state index in [9.17, 15) is 14.9 Å². The molecule has 0 radical (unpaired) electrons. The summed E-state index contributed by atoms with van der Waals surface area (Å²) >= 11 is 0. The number of amides is 1. The smallest absolute Gasteiger partial charge is 0.348 e. The fraction of sp³-hybridized carbons (Fsp3) is 0.593. The summed E-state index contributed by atoms with van der Waals surface area (Å²) in [7, 11) is 1.52. The van der Waals surface area contributed by atoms with Crippen LogP contribution in [0.3, 0.4) is 0 Å². The largest absolute Gasteiger partial charge is 0.493 e. The van der Waals surface area contributed by atoms with Crippen LogP contribution in [0.5, 0.6) is 11.5 Å². The zero-order valence-electron chi connectivity index (χ0n) is 20.4. The van der Waals surface area contributed by atoms with Gasteiger partial charge in [0.15, 0.2) is 18.1 Å². The molecule has 1 aromatic rings. The van der Waals surface area contributed by atoms with E-state index < -0.39 is 5.97 Å². The SMILES string of the molecule is CCOC(=O)/C(C#N)=C/c1ccc(OCC(=O)N(C2CCCCC2)C2CCCCC2)c(OC)c1. The second-order valence-electron chi connectivity index (χ2n) is 8.97. The molecular formula is C27H36N2O5. The van der Waals surface area contributed by atoms with Crippen LogP contribution < -0.4 is 9.47 Å². The molecule has 2 saturated carbocycles. The average Bonchev–Trinajstić information content (AvgIpc) is 2.87. The summed E-state index contributed by atoms with van der Waals surface area (Å²) in [6.45, 7) is 1.85. The Morgan fingerprint density at radius 3 is 2.18 bits per heavy atom. The fourth-order valence-electron chi connectivity index (χ4n) is 5.04. The van der Waals surface area contributed by atoms with Crippen LogP contribution in [-0.4, -0.2) is 49.2 Å². The number of esters is 1. The van der Waals surface area contributed by atoms with Crippen LogP contribution in [0.4, 0.5) is 0 Å². The predicted octanol–water partition coefficient (Wildman–Crippen LogP) is 5.04. The van der Waals surface area contributed by atoms with Gasteiger partial charge in [-0.25, -0.2) is 4.79 Å². The van der Waals surface area contributed by atoms with Gasteiger partial charge >= 0.3 is 5.97 Å². The maximum absolute atomic E-state index is 13.4. The average molecular weight is 469 g/mol. The highest BCUT2D eigenvalue weighted by Crippen LogP contribution is 2.32. The lowest BCUT2D eigenvalue weighted by molar-refractivity contribution is -0.140. The van der Waals surface area contributed by atoms with Crippen molar-refractivity contribution >= 4 is 18.0 Å². The van der Waals surface area contributed by atoms with E-state index in [1.54, 1.807) is 25.1 Å². The Morgan fingerprint density at radius 2 is 1.65 bits per heavy atom. The van der Waals surface area contributed by atoms with E-state index in [1.165, 1.54) is 51.7 Å². The molecular weight excluding hydrogens is 432 g/mol. The molecule has 2 fully saturated rings. The third-order valence-corrected chi connectivity index (χ3v) is 6.69. The van der Waals surface area contributed by atoms with Crippen LogP contribution in [0.1, 0.15) is 76.7 Å². The highest BCUT2D eigenvalue weighted by molar-refractivity contribution is 5.97. The van der Waals surface area contributed by atoms with Gasteiger partial charge in [0.1, 0.15) is 11.6 Å². The highest BCUT2D eigenvalue weighted by Gasteiger charge is 2.32. The number of methoxy groups -OCH3 is 1. The van der Waals surface area contributed by atoms with Crippen molar-refractivity contribution in [2.24, 2.45) is 0 Å². The number of ether oxygens (including phenoxy) is 3. The van der Waals surface area contributed by atoms with E-state index in [2.05, 4.69) is 4.90 Å². The number of nitriles is 1. The Morgan fingerprint density at radius 1 is 1.03 bits per heavy atom. The van der Waals surface area contributed by atoms with Crippen LogP contribution in [0.2, 0.25) is 0 Å². The van der Waals surface area contributed by atoms with Gasteiger partial charge in [0, 0.05) is 12.1 Å². The molecule has 0 N–H and O–H groups in total. The van der Waals surface area contributed by atoms with Gasteiger partial charge in [-0.05, 0) is 56.4 Å². The predicted molar refractivity (Wildman–Crippen MR) is 129 cm³/mol. The molecule has 7 nitrogen and oxygen atoms in total. The van der Waals surface area contributed by atoms with Gasteiger partial charge in [0.25, 0.3) is 5.91 Å². The summed E-state index contributed by atoms with van der Waals surface area (Å²) in [4.78, 5) is 27.4. The Balaban J connectivity index is 1.71. The molecule has 0 aliphatic heterocycles. The van der Waals surface area contributed by atoms with Crippen LogP contribution in [0.15, 0.2) is 23.8 Å². The van der Waals surface area contributed by atoms with E-state index in [0.717, 1.165) is 25.7 Å². The molecule has 0 atom stereocenters. The summed E-state index contributed by atoms with van der Waals surface area (Å²) < 4.78 is 16.3. The minimum atomic E-state index is -0.666. The highest BCUT2D eigenvalue weighted by atomic mass is 16.5. The first-order chi connectivity index (χ1) is 16.6. The molecule has 2 aliphatic carbocycles. The molecule has 2 aliphatic rings. The second kappa shape index (κ2) is 13.0. The van der Waals surface area contributed by atoms with E-state index in [0.29, 0.717) is 29.1 Å².